The minimum Gasteiger partial charge on any atom is -0.479 e. The lowest BCUT2D eigenvalue weighted by Crippen LogP contribution is -2.52. The number of rotatable bonds is 2. The van der Waals surface area contributed by atoms with Gasteiger partial charge < -0.3 is 15.2 Å². The van der Waals surface area contributed by atoms with E-state index in [0.717, 1.165) is 7.11 Å². The van der Waals surface area contributed by atoms with Crippen LogP contribution in [-0.4, -0.2) is 35.6 Å². The van der Waals surface area contributed by atoms with Gasteiger partial charge in [0.05, 0.1) is 13.0 Å². The Bertz CT molecular complexity index is 300. The number of hydrogen-bond donors (Lipinski definition) is 2. The molecule has 1 unspecified atom stereocenters. The first-order valence-electron chi connectivity index (χ1n) is 4.04. The average molecular weight is 201 g/mol. The van der Waals surface area contributed by atoms with Crippen molar-refractivity contribution in [2.45, 2.75) is 18.9 Å². The van der Waals surface area contributed by atoms with Crippen LogP contribution < -0.4 is 5.32 Å². The van der Waals surface area contributed by atoms with Gasteiger partial charge in [0.2, 0.25) is 5.91 Å². The number of amides is 1. The largest absolute Gasteiger partial charge is 0.479 e. The van der Waals surface area contributed by atoms with E-state index in [-0.39, 0.29) is 6.42 Å². The second-order valence-electron chi connectivity index (χ2n) is 3.34. The molecule has 2 atom stereocenters. The fourth-order valence-corrected chi connectivity index (χ4v) is 1.48. The number of aliphatic carboxylic acids is 1. The van der Waals surface area contributed by atoms with E-state index in [1.165, 1.54) is 6.92 Å². The number of hydrogen-bond acceptors (Lipinski definition) is 4. The van der Waals surface area contributed by atoms with Gasteiger partial charge in [-0.2, -0.15) is 0 Å². The molecule has 0 bridgehead atoms. The molecule has 0 aromatic rings. The zero-order valence-electron chi connectivity index (χ0n) is 7.86. The first kappa shape index (κ1) is 10.5. The molecule has 0 aromatic heterocycles. The van der Waals surface area contributed by atoms with Gasteiger partial charge in [0.15, 0.2) is 0 Å². The minimum atomic E-state index is -1.55. The Morgan fingerprint density at radius 3 is 2.64 bits per heavy atom. The number of nitrogens with one attached hydrogen (secondary N) is 1. The van der Waals surface area contributed by atoms with Gasteiger partial charge in [-0.1, -0.05) is 0 Å². The number of carboxylic acid groups (broad SMARTS) is 1. The van der Waals surface area contributed by atoms with Crippen LogP contribution in [-0.2, 0) is 19.1 Å². The highest BCUT2D eigenvalue weighted by Crippen LogP contribution is 2.28. The maximum Gasteiger partial charge on any atom is 0.330 e. The number of carboxylic acids is 1. The van der Waals surface area contributed by atoms with Gasteiger partial charge in [-0.25, -0.2) is 4.79 Å². The normalized spacial score (nSPS) is 31.0. The third kappa shape index (κ3) is 1.43. The van der Waals surface area contributed by atoms with Gasteiger partial charge >= 0.3 is 11.9 Å². The highest BCUT2D eigenvalue weighted by molar-refractivity contribution is 5.98. The minimum absolute atomic E-state index is 0.143. The standard InChI is InChI=1S/C8H11NO5/c1-8(7(12)13)4(6(11)14-2)3-5(10)9-8/h4H,3H2,1-2H3,(H,9,10)(H,12,13)/t4?,8-/m0/s1. The quantitative estimate of drug-likeness (QED) is 0.567. The van der Waals surface area contributed by atoms with Crippen molar-refractivity contribution in [2.24, 2.45) is 5.92 Å². The molecule has 1 fully saturated rings. The third-order valence-corrected chi connectivity index (χ3v) is 2.42. The zero-order chi connectivity index (χ0) is 10.9. The van der Waals surface area contributed by atoms with Crippen LogP contribution in [0.2, 0.25) is 0 Å². The predicted molar refractivity (Wildman–Crippen MR) is 44.3 cm³/mol. The average Bonchev–Trinajstić information content (AvgIpc) is 2.42. The molecule has 1 heterocycles. The van der Waals surface area contributed by atoms with Gasteiger partial charge in [-0.05, 0) is 6.92 Å². The smallest absolute Gasteiger partial charge is 0.330 e. The van der Waals surface area contributed by atoms with Crippen LogP contribution in [0, 0.1) is 5.92 Å². The maximum atomic E-state index is 11.2. The molecule has 14 heavy (non-hydrogen) atoms. The molecule has 1 aliphatic rings. The Balaban J connectivity index is 2.99. The highest BCUT2D eigenvalue weighted by Gasteiger charge is 2.53. The van der Waals surface area contributed by atoms with Gasteiger partial charge in [-0.3, -0.25) is 9.59 Å². The van der Waals surface area contributed by atoms with Crippen LogP contribution in [0.3, 0.4) is 0 Å². The SMILES string of the molecule is COC(=O)C1CC(=O)N[C@]1(C)C(=O)O. The topological polar surface area (TPSA) is 92.7 Å². The Hall–Kier alpha value is -1.59. The highest BCUT2D eigenvalue weighted by atomic mass is 16.5. The summed E-state index contributed by atoms with van der Waals surface area (Å²) in [6.07, 6.45) is -0.143. The molecule has 1 aliphatic heterocycles. The van der Waals surface area contributed by atoms with Gasteiger partial charge in [-0.15, -0.1) is 0 Å². The zero-order valence-corrected chi connectivity index (χ0v) is 7.86. The van der Waals surface area contributed by atoms with Gasteiger partial charge in [0.25, 0.3) is 0 Å². The lowest BCUT2D eigenvalue weighted by atomic mass is 9.87. The van der Waals surface area contributed by atoms with E-state index in [4.69, 9.17) is 5.11 Å². The summed E-state index contributed by atoms with van der Waals surface area (Å²) in [7, 11) is 1.16. The van der Waals surface area contributed by atoms with Crippen molar-refractivity contribution in [3.8, 4) is 0 Å². The number of ether oxygens (including phenoxy) is 1. The first-order valence-corrected chi connectivity index (χ1v) is 4.04. The fraction of sp³-hybridized carbons (Fsp3) is 0.625. The Morgan fingerprint density at radius 1 is 1.64 bits per heavy atom. The Morgan fingerprint density at radius 2 is 2.21 bits per heavy atom. The summed E-state index contributed by atoms with van der Waals surface area (Å²) in [5.74, 6) is -3.34. The summed E-state index contributed by atoms with van der Waals surface area (Å²) in [5, 5.41) is 11.1. The van der Waals surface area contributed by atoms with Crippen molar-refractivity contribution in [2.75, 3.05) is 7.11 Å². The van der Waals surface area contributed by atoms with E-state index >= 15 is 0 Å². The molecule has 0 aliphatic carbocycles. The molecule has 6 nitrogen and oxygen atoms in total. The molecule has 0 radical (unpaired) electrons. The van der Waals surface area contributed by atoms with Crippen molar-refractivity contribution in [1.82, 2.24) is 5.32 Å². The van der Waals surface area contributed by atoms with Crippen LogP contribution in [0.1, 0.15) is 13.3 Å². The van der Waals surface area contributed by atoms with Crippen molar-refractivity contribution < 1.29 is 24.2 Å². The summed E-state index contributed by atoms with van der Waals surface area (Å²) < 4.78 is 4.43. The lowest BCUT2D eigenvalue weighted by molar-refractivity contribution is -0.156. The molecular weight excluding hydrogens is 190 g/mol. The molecule has 0 spiro atoms. The van der Waals surface area contributed by atoms with Crippen molar-refractivity contribution in [3.05, 3.63) is 0 Å². The number of methoxy groups -OCH3 is 1. The second kappa shape index (κ2) is 3.28. The number of carbonyl (C=O) groups is 3. The molecule has 2 N–H and O–H groups in total. The summed E-state index contributed by atoms with van der Waals surface area (Å²) in [6, 6.07) is 0. The number of esters is 1. The van der Waals surface area contributed by atoms with E-state index < -0.39 is 29.3 Å². The molecular formula is C8H11NO5. The molecule has 0 saturated carbocycles. The summed E-state index contributed by atoms with van der Waals surface area (Å²) >= 11 is 0. The predicted octanol–water partition coefficient (Wildman–Crippen LogP) is -0.861. The fourth-order valence-electron chi connectivity index (χ4n) is 1.48. The Labute approximate surface area is 80.2 Å². The molecule has 78 valence electrons. The van der Waals surface area contributed by atoms with Crippen molar-refractivity contribution >= 4 is 17.8 Å². The molecule has 0 aromatic carbocycles. The summed E-state index contributed by atoms with van der Waals surface area (Å²) in [4.78, 5) is 33.1. The molecule has 1 saturated heterocycles. The van der Waals surface area contributed by atoms with E-state index in [1.807, 2.05) is 0 Å². The first-order chi connectivity index (χ1) is 6.41. The van der Waals surface area contributed by atoms with Crippen LogP contribution >= 0.6 is 0 Å². The van der Waals surface area contributed by atoms with E-state index in [0.29, 0.717) is 0 Å². The van der Waals surface area contributed by atoms with Crippen molar-refractivity contribution in [1.29, 1.82) is 0 Å². The van der Waals surface area contributed by atoms with Crippen LogP contribution in [0.25, 0.3) is 0 Å². The van der Waals surface area contributed by atoms with Crippen LogP contribution in [0.5, 0.6) is 0 Å². The monoisotopic (exact) mass is 201 g/mol. The lowest BCUT2D eigenvalue weighted by Gasteiger charge is -2.23. The van der Waals surface area contributed by atoms with Crippen molar-refractivity contribution in [3.63, 3.8) is 0 Å². The van der Waals surface area contributed by atoms with Gasteiger partial charge in [0.1, 0.15) is 5.54 Å². The molecule has 1 amide bonds. The summed E-state index contributed by atoms with van der Waals surface area (Å²) in [6.45, 7) is 1.29. The number of carbonyl (C=O) groups excluding carboxylic acids is 2. The van der Waals surface area contributed by atoms with E-state index in [2.05, 4.69) is 10.1 Å². The third-order valence-electron chi connectivity index (χ3n) is 2.42. The van der Waals surface area contributed by atoms with E-state index in [1.54, 1.807) is 0 Å². The molecule has 6 heteroatoms. The maximum absolute atomic E-state index is 11.2. The Kier molecular flexibility index (Phi) is 2.46. The van der Waals surface area contributed by atoms with Gasteiger partial charge in [0, 0.05) is 6.42 Å². The second-order valence-corrected chi connectivity index (χ2v) is 3.34. The van der Waals surface area contributed by atoms with E-state index in [9.17, 15) is 14.4 Å². The summed E-state index contributed by atoms with van der Waals surface area (Å²) in [5.41, 5.74) is -1.55. The van der Waals surface area contributed by atoms with Crippen LogP contribution in [0.15, 0.2) is 0 Å². The van der Waals surface area contributed by atoms with Crippen LogP contribution in [0.4, 0.5) is 0 Å². The molecule has 1 rings (SSSR count).